The summed E-state index contributed by atoms with van der Waals surface area (Å²) in [4.78, 5) is 0. The fourth-order valence-electron chi connectivity index (χ4n) is 2.82. The standard InChI is InChI=1S/C21H21ClN4.2C2H6/c1-4-6-7-10-16(5-2)18-14-19-23-24-21(26(19)25-20(18)22)17-11-8-9-15(3)12-13-17;2*1-2/h4-10,13-15H,1-2,11-12H2,3H3;2*1-2H3/b7-6-,16-10+;;. The van der Waals surface area contributed by atoms with Gasteiger partial charge in [0.1, 0.15) is 0 Å². The second kappa shape index (κ2) is 13.5. The van der Waals surface area contributed by atoms with Crippen LogP contribution in [0.2, 0.25) is 5.15 Å². The largest absolute Gasteiger partial charge is 0.192 e. The van der Waals surface area contributed by atoms with Gasteiger partial charge in [-0.25, -0.2) is 0 Å². The lowest BCUT2D eigenvalue weighted by Crippen LogP contribution is -2.01. The van der Waals surface area contributed by atoms with Crippen LogP contribution in [0.15, 0.2) is 67.8 Å². The molecule has 5 heteroatoms. The smallest absolute Gasteiger partial charge is 0.181 e. The summed E-state index contributed by atoms with van der Waals surface area (Å²) in [5.74, 6) is 1.27. The number of allylic oxidation sites excluding steroid dienone is 10. The van der Waals surface area contributed by atoms with Crippen molar-refractivity contribution in [3.8, 4) is 0 Å². The van der Waals surface area contributed by atoms with Crippen molar-refractivity contribution in [3.05, 3.63) is 84.4 Å². The monoisotopic (exact) mass is 424 g/mol. The van der Waals surface area contributed by atoms with Crippen molar-refractivity contribution in [3.63, 3.8) is 0 Å². The van der Waals surface area contributed by atoms with E-state index < -0.39 is 0 Å². The highest BCUT2D eigenvalue weighted by molar-refractivity contribution is 6.31. The molecule has 4 nitrogen and oxygen atoms in total. The third-order valence-electron chi connectivity index (χ3n) is 4.23. The van der Waals surface area contributed by atoms with Gasteiger partial charge >= 0.3 is 0 Å². The minimum absolute atomic E-state index is 0.384. The number of rotatable bonds is 5. The first-order chi connectivity index (χ1) is 14.6. The average Bonchev–Trinajstić information content (AvgIpc) is 3.06. The molecule has 1 aliphatic carbocycles. The molecule has 30 heavy (non-hydrogen) atoms. The van der Waals surface area contributed by atoms with Gasteiger partial charge in [-0.2, -0.15) is 9.61 Å². The Morgan fingerprint density at radius 1 is 1.17 bits per heavy atom. The lowest BCUT2D eigenvalue weighted by atomic mass is 10.1. The number of hydrogen-bond donors (Lipinski definition) is 0. The molecule has 3 rings (SSSR count). The molecule has 0 aromatic carbocycles. The zero-order valence-electron chi connectivity index (χ0n) is 18.8. The normalized spacial score (nSPS) is 16.1. The number of fused-ring (bicyclic) bond motifs is 1. The van der Waals surface area contributed by atoms with Crippen molar-refractivity contribution in [2.45, 2.75) is 47.5 Å². The minimum Gasteiger partial charge on any atom is -0.192 e. The molecule has 0 amide bonds. The number of aromatic nitrogens is 4. The fraction of sp³-hybridized carbons (Fsp3) is 0.320. The molecule has 1 unspecified atom stereocenters. The van der Waals surface area contributed by atoms with E-state index in [1.54, 1.807) is 16.7 Å². The summed E-state index contributed by atoms with van der Waals surface area (Å²) in [7, 11) is 0. The van der Waals surface area contributed by atoms with Gasteiger partial charge in [-0.3, -0.25) is 0 Å². The van der Waals surface area contributed by atoms with Crippen LogP contribution in [0.5, 0.6) is 0 Å². The Bertz CT molecular complexity index is 961. The Morgan fingerprint density at radius 2 is 1.90 bits per heavy atom. The second-order valence-corrected chi connectivity index (χ2v) is 6.52. The van der Waals surface area contributed by atoms with E-state index in [0.29, 0.717) is 16.7 Å². The van der Waals surface area contributed by atoms with Crippen LogP contribution >= 0.6 is 11.6 Å². The topological polar surface area (TPSA) is 43.1 Å². The van der Waals surface area contributed by atoms with E-state index in [9.17, 15) is 0 Å². The number of nitrogens with zero attached hydrogens (tertiary/aromatic N) is 4. The summed E-state index contributed by atoms with van der Waals surface area (Å²) in [5.41, 5.74) is 3.40. The molecule has 0 saturated carbocycles. The van der Waals surface area contributed by atoms with Crippen LogP contribution in [0.4, 0.5) is 0 Å². The highest BCUT2D eigenvalue weighted by atomic mass is 35.5. The highest BCUT2D eigenvalue weighted by Gasteiger charge is 2.16. The minimum atomic E-state index is 0.384. The van der Waals surface area contributed by atoms with Crippen molar-refractivity contribution >= 4 is 28.4 Å². The van der Waals surface area contributed by atoms with Crippen LogP contribution in [0, 0.1) is 5.92 Å². The summed E-state index contributed by atoms with van der Waals surface area (Å²) in [6.07, 6.45) is 17.5. The summed E-state index contributed by atoms with van der Waals surface area (Å²) >= 11 is 6.46. The number of hydrogen-bond acceptors (Lipinski definition) is 3. The molecule has 0 aliphatic heterocycles. The summed E-state index contributed by atoms with van der Waals surface area (Å²) in [6.45, 7) is 17.7. The molecule has 0 N–H and O–H groups in total. The maximum absolute atomic E-state index is 6.46. The van der Waals surface area contributed by atoms with Gasteiger partial charge < -0.3 is 0 Å². The fourth-order valence-corrected chi connectivity index (χ4v) is 3.06. The van der Waals surface area contributed by atoms with E-state index >= 15 is 0 Å². The molecule has 1 aliphatic rings. The maximum Gasteiger partial charge on any atom is 0.181 e. The van der Waals surface area contributed by atoms with Gasteiger partial charge in [0.25, 0.3) is 0 Å². The molecule has 2 aromatic heterocycles. The first kappa shape index (κ1) is 25.3. The van der Waals surface area contributed by atoms with Crippen LogP contribution in [0.1, 0.15) is 58.8 Å². The first-order valence-electron chi connectivity index (χ1n) is 10.5. The lowest BCUT2D eigenvalue weighted by Gasteiger charge is -2.07. The summed E-state index contributed by atoms with van der Waals surface area (Å²) in [6, 6.07) is 1.89. The predicted octanol–water partition coefficient (Wildman–Crippen LogP) is 7.51. The Kier molecular flexibility index (Phi) is 11.4. The Hall–Kier alpha value is -2.72. The zero-order chi connectivity index (χ0) is 22.5. The van der Waals surface area contributed by atoms with Gasteiger partial charge in [-0.05, 0) is 36.0 Å². The van der Waals surface area contributed by atoms with Gasteiger partial charge in [0, 0.05) is 5.56 Å². The molecule has 0 saturated heterocycles. The molecule has 0 fully saturated rings. The van der Waals surface area contributed by atoms with Crippen molar-refractivity contribution in [1.82, 2.24) is 19.8 Å². The third-order valence-corrected chi connectivity index (χ3v) is 4.51. The first-order valence-corrected chi connectivity index (χ1v) is 10.9. The molecular formula is C25H33ClN4. The molecule has 2 heterocycles. The predicted molar refractivity (Wildman–Crippen MR) is 132 cm³/mol. The van der Waals surface area contributed by atoms with Gasteiger partial charge in [0.15, 0.2) is 16.6 Å². The summed E-state index contributed by atoms with van der Waals surface area (Å²) in [5, 5.41) is 13.5. The van der Waals surface area contributed by atoms with E-state index in [2.05, 4.69) is 53.6 Å². The van der Waals surface area contributed by atoms with Crippen molar-refractivity contribution in [1.29, 1.82) is 0 Å². The van der Waals surface area contributed by atoms with Crippen molar-refractivity contribution in [2.24, 2.45) is 5.92 Å². The molecule has 1 atom stereocenters. The SMILES string of the molecule is C=C/C=C\C=C(/C=C)c1cc2nnc(C3=CCC(C)C=CC3)n2nc1Cl.CC.CC. The Labute approximate surface area is 186 Å². The molecule has 0 bridgehead atoms. The average molecular weight is 425 g/mol. The lowest BCUT2D eigenvalue weighted by molar-refractivity contribution is 0.747. The molecular weight excluding hydrogens is 392 g/mol. The molecule has 0 spiro atoms. The second-order valence-electron chi connectivity index (χ2n) is 6.16. The van der Waals surface area contributed by atoms with E-state index in [0.717, 1.165) is 35.4 Å². The molecule has 2 aromatic rings. The van der Waals surface area contributed by atoms with E-state index in [4.69, 9.17) is 11.6 Å². The van der Waals surface area contributed by atoms with Crippen LogP contribution in [0.3, 0.4) is 0 Å². The van der Waals surface area contributed by atoms with Gasteiger partial charge in [0.05, 0.1) is 0 Å². The van der Waals surface area contributed by atoms with Gasteiger partial charge in [-0.15, -0.1) is 10.2 Å². The maximum atomic E-state index is 6.46. The van der Waals surface area contributed by atoms with E-state index in [-0.39, 0.29) is 0 Å². The van der Waals surface area contributed by atoms with Gasteiger partial charge in [0.2, 0.25) is 0 Å². The van der Waals surface area contributed by atoms with Crippen molar-refractivity contribution in [2.75, 3.05) is 0 Å². The van der Waals surface area contributed by atoms with Crippen LogP contribution in [-0.2, 0) is 0 Å². The highest BCUT2D eigenvalue weighted by Crippen LogP contribution is 2.27. The van der Waals surface area contributed by atoms with Crippen LogP contribution in [-0.4, -0.2) is 19.8 Å². The number of halogens is 1. The van der Waals surface area contributed by atoms with Crippen LogP contribution in [0.25, 0.3) is 16.8 Å². The zero-order valence-corrected chi connectivity index (χ0v) is 19.5. The summed E-state index contributed by atoms with van der Waals surface area (Å²) < 4.78 is 1.71. The Morgan fingerprint density at radius 3 is 2.57 bits per heavy atom. The van der Waals surface area contributed by atoms with E-state index in [1.165, 1.54) is 0 Å². The Balaban J connectivity index is 0.00000106. The van der Waals surface area contributed by atoms with Gasteiger partial charge in [-0.1, -0.05) is 108 Å². The third kappa shape index (κ3) is 6.39. The van der Waals surface area contributed by atoms with Crippen molar-refractivity contribution < 1.29 is 0 Å². The molecule has 0 radical (unpaired) electrons. The molecule has 160 valence electrons. The quantitative estimate of drug-likeness (QED) is 0.368. The van der Waals surface area contributed by atoms with Crippen LogP contribution < -0.4 is 0 Å². The van der Waals surface area contributed by atoms with E-state index in [1.807, 2.05) is 52.0 Å².